The second kappa shape index (κ2) is 11.9. The number of benzene rings is 6. The van der Waals surface area contributed by atoms with Gasteiger partial charge in [-0.05, 0) is 69.1 Å². The van der Waals surface area contributed by atoms with Gasteiger partial charge in [0.2, 0.25) is 0 Å². The largest absolute Gasteiger partial charge is 0.226 e. The van der Waals surface area contributed by atoms with Gasteiger partial charge in [0.15, 0.2) is 5.82 Å². The maximum Gasteiger partial charge on any atom is 0.160 e. The summed E-state index contributed by atoms with van der Waals surface area (Å²) in [4.78, 5) is 10.4. The highest BCUT2D eigenvalue weighted by Crippen LogP contribution is 2.54. The Bertz CT molecular complexity index is 2510. The zero-order chi connectivity index (χ0) is 33.0. The number of hydrogen-bond acceptors (Lipinski definition) is 3. The Morgan fingerprint density at radius 2 is 1.20 bits per heavy atom. The Balaban J connectivity index is 1.18. The fraction of sp³-hybridized carbons (Fsp3) is 0.130. The van der Waals surface area contributed by atoms with E-state index in [9.17, 15) is 0 Å². The van der Waals surface area contributed by atoms with Crippen molar-refractivity contribution in [1.82, 2.24) is 9.97 Å². The fourth-order valence-electron chi connectivity index (χ4n) is 7.95. The van der Waals surface area contributed by atoms with Crippen molar-refractivity contribution in [3.05, 3.63) is 157 Å². The maximum absolute atomic E-state index is 5.24. The Morgan fingerprint density at radius 1 is 0.571 bits per heavy atom. The monoisotopic (exact) mass is 648 g/mol. The SMILES string of the molecule is CCCCC1(C)c2ccccc2-c2cccc(-c3cccc(-c4cccc(-c5nc(-c6ccccc6)nc6c5sc5ccccc56)c4)c3)c21. The van der Waals surface area contributed by atoms with E-state index in [1.807, 2.05) is 6.07 Å². The number of hydrogen-bond donors (Lipinski definition) is 0. The molecule has 3 heteroatoms. The molecule has 0 aliphatic heterocycles. The number of unbranched alkanes of at least 4 members (excludes halogenated alkanes) is 1. The minimum Gasteiger partial charge on any atom is -0.226 e. The third-order valence-corrected chi connectivity index (χ3v) is 11.5. The molecule has 0 spiro atoms. The molecular weight excluding hydrogens is 613 g/mol. The summed E-state index contributed by atoms with van der Waals surface area (Å²) in [5.74, 6) is 0.754. The molecule has 0 N–H and O–H groups in total. The van der Waals surface area contributed by atoms with Crippen LogP contribution in [0, 0.1) is 0 Å². The number of rotatable bonds is 7. The highest BCUT2D eigenvalue weighted by molar-refractivity contribution is 7.26. The number of nitrogens with zero attached hydrogens (tertiary/aromatic N) is 2. The summed E-state index contributed by atoms with van der Waals surface area (Å²) in [5, 5.41) is 1.18. The van der Waals surface area contributed by atoms with Crippen molar-refractivity contribution in [2.75, 3.05) is 0 Å². The first-order valence-electron chi connectivity index (χ1n) is 17.3. The first-order chi connectivity index (χ1) is 24.1. The summed E-state index contributed by atoms with van der Waals surface area (Å²) in [5.41, 5.74) is 14.8. The standard InChI is InChI=1S/C46H36N2S/c1-3-4-27-46(2)39-25-10-8-21-36(39)37-24-14-23-35(41(37)46)33-19-12-17-31(28-33)32-18-13-20-34(29-32)42-44-43(38-22-9-11-26-40(38)49-44)48-45(47-42)30-15-6-5-7-16-30/h5-26,28-29H,3-4,27H2,1-2H3. The topological polar surface area (TPSA) is 25.8 Å². The summed E-state index contributed by atoms with van der Waals surface area (Å²) in [7, 11) is 0. The zero-order valence-corrected chi connectivity index (χ0v) is 28.6. The van der Waals surface area contributed by atoms with Gasteiger partial charge in [0, 0.05) is 26.6 Å². The van der Waals surface area contributed by atoms with Crippen molar-refractivity contribution in [1.29, 1.82) is 0 Å². The van der Waals surface area contributed by atoms with Crippen LogP contribution in [0.4, 0.5) is 0 Å². The van der Waals surface area contributed by atoms with Crippen LogP contribution in [0.15, 0.2) is 146 Å². The first kappa shape index (κ1) is 29.7. The van der Waals surface area contributed by atoms with Crippen molar-refractivity contribution < 1.29 is 0 Å². The van der Waals surface area contributed by atoms with Gasteiger partial charge in [-0.1, -0.05) is 154 Å². The van der Waals surface area contributed by atoms with E-state index in [2.05, 4.69) is 153 Å². The molecule has 8 aromatic rings. The van der Waals surface area contributed by atoms with Crippen LogP contribution in [-0.2, 0) is 5.41 Å². The lowest BCUT2D eigenvalue weighted by atomic mass is 9.73. The summed E-state index contributed by atoms with van der Waals surface area (Å²) < 4.78 is 2.35. The summed E-state index contributed by atoms with van der Waals surface area (Å²) in [6.07, 6.45) is 3.53. The molecule has 0 amide bonds. The molecule has 0 fully saturated rings. The van der Waals surface area contributed by atoms with Gasteiger partial charge in [-0.3, -0.25) is 0 Å². The van der Waals surface area contributed by atoms with E-state index in [4.69, 9.17) is 9.97 Å². The van der Waals surface area contributed by atoms with E-state index < -0.39 is 0 Å². The molecule has 1 aliphatic rings. The molecule has 9 rings (SSSR count). The normalized spacial score (nSPS) is 15.1. The Kier molecular flexibility index (Phi) is 7.25. The smallest absolute Gasteiger partial charge is 0.160 e. The predicted molar refractivity (Wildman–Crippen MR) is 208 cm³/mol. The number of fused-ring (bicyclic) bond motifs is 6. The van der Waals surface area contributed by atoms with E-state index in [0.29, 0.717) is 0 Å². The van der Waals surface area contributed by atoms with Crippen LogP contribution in [0.2, 0.25) is 0 Å². The van der Waals surface area contributed by atoms with Gasteiger partial charge in [-0.15, -0.1) is 11.3 Å². The van der Waals surface area contributed by atoms with Gasteiger partial charge in [0.1, 0.15) is 0 Å². The molecule has 2 heterocycles. The third-order valence-electron chi connectivity index (χ3n) is 10.4. The van der Waals surface area contributed by atoms with Crippen LogP contribution in [0.1, 0.15) is 44.2 Å². The number of aromatic nitrogens is 2. The van der Waals surface area contributed by atoms with Crippen molar-refractivity contribution in [3.8, 4) is 56.0 Å². The Labute approximate surface area is 291 Å². The van der Waals surface area contributed by atoms with Crippen molar-refractivity contribution in [2.24, 2.45) is 0 Å². The zero-order valence-electron chi connectivity index (χ0n) is 27.8. The van der Waals surface area contributed by atoms with E-state index >= 15 is 0 Å². The van der Waals surface area contributed by atoms with E-state index in [1.165, 1.54) is 67.4 Å². The van der Waals surface area contributed by atoms with Gasteiger partial charge in [-0.2, -0.15) is 0 Å². The molecule has 0 bridgehead atoms. The minimum atomic E-state index is -0.0203. The van der Waals surface area contributed by atoms with Gasteiger partial charge < -0.3 is 0 Å². The van der Waals surface area contributed by atoms with Gasteiger partial charge in [0.05, 0.1) is 15.9 Å². The summed E-state index contributed by atoms with van der Waals surface area (Å²) >= 11 is 1.77. The second-order valence-electron chi connectivity index (χ2n) is 13.4. The van der Waals surface area contributed by atoms with Crippen LogP contribution in [0.5, 0.6) is 0 Å². The molecule has 1 aliphatic carbocycles. The van der Waals surface area contributed by atoms with Crippen LogP contribution >= 0.6 is 11.3 Å². The van der Waals surface area contributed by atoms with Crippen LogP contribution in [-0.4, -0.2) is 9.97 Å². The molecular formula is C46H36N2S. The molecule has 49 heavy (non-hydrogen) atoms. The molecule has 0 saturated heterocycles. The average Bonchev–Trinajstić information content (AvgIpc) is 3.67. The van der Waals surface area contributed by atoms with E-state index in [1.54, 1.807) is 11.3 Å². The first-order valence-corrected chi connectivity index (χ1v) is 18.1. The molecule has 2 aromatic heterocycles. The fourth-order valence-corrected chi connectivity index (χ4v) is 9.10. The second-order valence-corrected chi connectivity index (χ2v) is 14.5. The summed E-state index contributed by atoms with van der Waals surface area (Å²) in [6, 6.07) is 52.8. The van der Waals surface area contributed by atoms with E-state index in [-0.39, 0.29) is 5.41 Å². The van der Waals surface area contributed by atoms with Crippen molar-refractivity contribution in [3.63, 3.8) is 0 Å². The molecule has 2 nitrogen and oxygen atoms in total. The van der Waals surface area contributed by atoms with Crippen LogP contribution in [0.3, 0.4) is 0 Å². The lowest BCUT2D eigenvalue weighted by Gasteiger charge is -2.29. The third kappa shape index (κ3) is 4.91. The van der Waals surface area contributed by atoms with Gasteiger partial charge in [-0.25, -0.2) is 9.97 Å². The lowest BCUT2D eigenvalue weighted by Crippen LogP contribution is -2.21. The molecule has 1 atom stereocenters. The molecule has 1 unspecified atom stereocenters. The highest BCUT2D eigenvalue weighted by Gasteiger charge is 2.40. The minimum absolute atomic E-state index is 0.0203. The van der Waals surface area contributed by atoms with Crippen LogP contribution < -0.4 is 0 Å². The van der Waals surface area contributed by atoms with Gasteiger partial charge >= 0.3 is 0 Å². The van der Waals surface area contributed by atoms with Gasteiger partial charge in [0.25, 0.3) is 0 Å². The van der Waals surface area contributed by atoms with Crippen molar-refractivity contribution in [2.45, 2.75) is 38.5 Å². The Hall–Kier alpha value is -5.38. The molecule has 236 valence electrons. The predicted octanol–water partition coefficient (Wildman–Crippen LogP) is 13.0. The number of thiophene rings is 1. The van der Waals surface area contributed by atoms with Crippen molar-refractivity contribution >= 4 is 31.6 Å². The van der Waals surface area contributed by atoms with Crippen LogP contribution in [0.25, 0.3) is 76.3 Å². The Morgan fingerprint density at radius 3 is 2.04 bits per heavy atom. The molecule has 6 aromatic carbocycles. The average molecular weight is 649 g/mol. The molecule has 0 radical (unpaired) electrons. The van der Waals surface area contributed by atoms with E-state index in [0.717, 1.165) is 39.3 Å². The highest BCUT2D eigenvalue weighted by atomic mass is 32.1. The molecule has 0 saturated carbocycles. The lowest BCUT2D eigenvalue weighted by molar-refractivity contribution is 0.505. The maximum atomic E-state index is 5.24. The quantitative estimate of drug-likeness (QED) is 0.172. The summed E-state index contributed by atoms with van der Waals surface area (Å²) in [6.45, 7) is 4.76.